The molecular formula is C16H20BrF3. The van der Waals surface area contributed by atoms with Crippen LogP contribution in [0.2, 0.25) is 0 Å². The van der Waals surface area contributed by atoms with E-state index in [9.17, 15) is 13.2 Å². The fourth-order valence-electron chi connectivity index (χ4n) is 3.04. The van der Waals surface area contributed by atoms with E-state index < -0.39 is 11.7 Å². The second kappa shape index (κ2) is 6.50. The van der Waals surface area contributed by atoms with Gasteiger partial charge in [0.25, 0.3) is 0 Å². The molecule has 0 N–H and O–H groups in total. The minimum absolute atomic E-state index is 0.493. The van der Waals surface area contributed by atoms with Gasteiger partial charge in [-0.3, -0.25) is 0 Å². The SMILES string of the molecule is CCC1CCC(Br)C(Cc2ccc(C(F)(F)F)cc2)C1. The lowest BCUT2D eigenvalue weighted by molar-refractivity contribution is -0.137. The Morgan fingerprint density at radius 2 is 1.80 bits per heavy atom. The standard InChI is InChI=1S/C16H20BrF3/c1-2-11-5-8-15(17)13(9-11)10-12-3-6-14(7-4-12)16(18,19)20/h3-4,6-7,11,13,15H,2,5,8-10H2,1H3. The second-order valence-corrected chi connectivity index (χ2v) is 6.94. The van der Waals surface area contributed by atoms with E-state index in [4.69, 9.17) is 0 Å². The average molecular weight is 349 g/mol. The molecule has 0 heterocycles. The third-order valence-electron chi connectivity index (χ3n) is 4.35. The van der Waals surface area contributed by atoms with E-state index in [2.05, 4.69) is 22.9 Å². The Labute approximate surface area is 126 Å². The molecule has 0 saturated heterocycles. The van der Waals surface area contributed by atoms with Gasteiger partial charge in [-0.25, -0.2) is 0 Å². The van der Waals surface area contributed by atoms with Gasteiger partial charge in [-0.2, -0.15) is 13.2 Å². The highest BCUT2D eigenvalue weighted by molar-refractivity contribution is 9.09. The van der Waals surface area contributed by atoms with Crippen molar-refractivity contribution in [3.8, 4) is 0 Å². The van der Waals surface area contributed by atoms with E-state index >= 15 is 0 Å². The van der Waals surface area contributed by atoms with Crippen LogP contribution in [0.1, 0.15) is 43.7 Å². The highest BCUT2D eigenvalue weighted by Gasteiger charge is 2.31. The van der Waals surface area contributed by atoms with Crippen LogP contribution in [0.5, 0.6) is 0 Å². The van der Waals surface area contributed by atoms with E-state index in [0.29, 0.717) is 10.7 Å². The highest BCUT2D eigenvalue weighted by atomic mass is 79.9. The molecule has 3 atom stereocenters. The first kappa shape index (κ1) is 15.9. The van der Waals surface area contributed by atoms with Gasteiger partial charge in [-0.1, -0.05) is 41.4 Å². The third-order valence-corrected chi connectivity index (χ3v) is 5.56. The summed E-state index contributed by atoms with van der Waals surface area (Å²) in [7, 11) is 0. The minimum Gasteiger partial charge on any atom is -0.166 e. The van der Waals surface area contributed by atoms with Gasteiger partial charge < -0.3 is 0 Å². The van der Waals surface area contributed by atoms with Gasteiger partial charge in [0.2, 0.25) is 0 Å². The lowest BCUT2D eigenvalue weighted by atomic mass is 9.77. The maximum Gasteiger partial charge on any atom is 0.416 e. The van der Waals surface area contributed by atoms with Gasteiger partial charge in [-0.15, -0.1) is 0 Å². The maximum atomic E-state index is 12.5. The second-order valence-electron chi connectivity index (χ2n) is 5.76. The summed E-state index contributed by atoms with van der Waals surface area (Å²) in [5, 5.41) is 0. The molecule has 1 fully saturated rings. The molecule has 1 aliphatic rings. The summed E-state index contributed by atoms with van der Waals surface area (Å²) in [6, 6.07) is 5.63. The topological polar surface area (TPSA) is 0 Å². The monoisotopic (exact) mass is 348 g/mol. The zero-order valence-electron chi connectivity index (χ0n) is 11.6. The van der Waals surface area contributed by atoms with Crippen molar-refractivity contribution >= 4 is 15.9 Å². The molecule has 4 heteroatoms. The average Bonchev–Trinajstić information content (AvgIpc) is 2.41. The highest BCUT2D eigenvalue weighted by Crippen LogP contribution is 2.37. The molecule has 1 aliphatic carbocycles. The van der Waals surface area contributed by atoms with Crippen molar-refractivity contribution in [1.82, 2.24) is 0 Å². The van der Waals surface area contributed by atoms with Gasteiger partial charge in [0.1, 0.15) is 0 Å². The number of hydrogen-bond acceptors (Lipinski definition) is 0. The van der Waals surface area contributed by atoms with Crippen LogP contribution in [-0.4, -0.2) is 4.83 Å². The first-order valence-electron chi connectivity index (χ1n) is 7.20. The molecule has 0 amide bonds. The fourth-order valence-corrected chi connectivity index (χ4v) is 3.71. The van der Waals surface area contributed by atoms with E-state index in [1.165, 1.54) is 37.8 Å². The molecule has 0 nitrogen and oxygen atoms in total. The van der Waals surface area contributed by atoms with Gasteiger partial charge in [0, 0.05) is 4.83 Å². The van der Waals surface area contributed by atoms with Crippen molar-refractivity contribution in [1.29, 1.82) is 0 Å². The summed E-state index contributed by atoms with van der Waals surface area (Å²) in [6.45, 7) is 2.22. The van der Waals surface area contributed by atoms with Crippen LogP contribution >= 0.6 is 15.9 Å². The number of rotatable bonds is 3. The molecule has 3 unspecified atom stereocenters. The Morgan fingerprint density at radius 3 is 2.35 bits per heavy atom. The Bertz CT molecular complexity index is 424. The number of benzene rings is 1. The number of alkyl halides is 4. The van der Waals surface area contributed by atoms with Crippen LogP contribution in [0.15, 0.2) is 24.3 Å². The van der Waals surface area contributed by atoms with Crippen LogP contribution in [0, 0.1) is 11.8 Å². The first-order chi connectivity index (χ1) is 9.40. The van der Waals surface area contributed by atoms with Crippen LogP contribution in [0.25, 0.3) is 0 Å². The van der Waals surface area contributed by atoms with E-state index in [1.807, 2.05) is 0 Å². The van der Waals surface area contributed by atoms with Crippen LogP contribution in [0.4, 0.5) is 13.2 Å². The summed E-state index contributed by atoms with van der Waals surface area (Å²) in [6.07, 6.45) is 1.43. The van der Waals surface area contributed by atoms with Gasteiger partial charge in [0.15, 0.2) is 0 Å². The molecule has 1 aromatic carbocycles. The number of hydrogen-bond donors (Lipinski definition) is 0. The van der Waals surface area contributed by atoms with Crippen LogP contribution in [0.3, 0.4) is 0 Å². The zero-order chi connectivity index (χ0) is 14.8. The molecule has 1 aromatic rings. The molecule has 0 bridgehead atoms. The van der Waals surface area contributed by atoms with Crippen molar-refractivity contribution < 1.29 is 13.2 Å². The summed E-state index contributed by atoms with van der Waals surface area (Å²) in [5.74, 6) is 1.30. The first-order valence-corrected chi connectivity index (χ1v) is 8.12. The molecule has 20 heavy (non-hydrogen) atoms. The third kappa shape index (κ3) is 4.00. The maximum absolute atomic E-state index is 12.5. The molecule has 0 radical (unpaired) electrons. The molecule has 0 aromatic heterocycles. The number of halogens is 4. The molecule has 1 saturated carbocycles. The van der Waals surface area contributed by atoms with Crippen molar-refractivity contribution in [2.45, 2.75) is 50.0 Å². The molecule has 112 valence electrons. The fraction of sp³-hybridized carbons (Fsp3) is 0.625. The molecular weight excluding hydrogens is 329 g/mol. The predicted molar refractivity (Wildman–Crippen MR) is 79.0 cm³/mol. The summed E-state index contributed by atoms with van der Waals surface area (Å²) in [4.78, 5) is 0.493. The van der Waals surface area contributed by atoms with Crippen molar-refractivity contribution in [2.75, 3.05) is 0 Å². The quantitative estimate of drug-likeness (QED) is 0.602. The van der Waals surface area contributed by atoms with E-state index in [0.717, 1.165) is 17.9 Å². The van der Waals surface area contributed by atoms with Crippen LogP contribution < -0.4 is 0 Å². The van der Waals surface area contributed by atoms with Crippen molar-refractivity contribution in [3.63, 3.8) is 0 Å². The Balaban J connectivity index is 2.02. The largest absolute Gasteiger partial charge is 0.416 e. The Kier molecular flexibility index (Phi) is 5.16. The minimum atomic E-state index is -4.24. The summed E-state index contributed by atoms with van der Waals surface area (Å²) < 4.78 is 37.6. The molecule has 2 rings (SSSR count). The summed E-state index contributed by atoms with van der Waals surface area (Å²) >= 11 is 3.74. The lowest BCUT2D eigenvalue weighted by Gasteiger charge is -2.33. The van der Waals surface area contributed by atoms with Gasteiger partial charge in [-0.05, 0) is 55.2 Å². The zero-order valence-corrected chi connectivity index (χ0v) is 13.2. The van der Waals surface area contributed by atoms with Gasteiger partial charge in [0.05, 0.1) is 5.56 Å². The van der Waals surface area contributed by atoms with Crippen LogP contribution in [-0.2, 0) is 12.6 Å². The Hall–Kier alpha value is -0.510. The van der Waals surface area contributed by atoms with E-state index in [1.54, 1.807) is 12.1 Å². The summed E-state index contributed by atoms with van der Waals surface area (Å²) in [5.41, 5.74) is 0.441. The lowest BCUT2D eigenvalue weighted by Crippen LogP contribution is -2.26. The molecule has 0 aliphatic heterocycles. The smallest absolute Gasteiger partial charge is 0.166 e. The van der Waals surface area contributed by atoms with Crippen molar-refractivity contribution in [3.05, 3.63) is 35.4 Å². The van der Waals surface area contributed by atoms with E-state index in [-0.39, 0.29) is 0 Å². The Morgan fingerprint density at radius 1 is 1.15 bits per heavy atom. The van der Waals surface area contributed by atoms with Gasteiger partial charge >= 0.3 is 6.18 Å². The molecule has 0 spiro atoms. The van der Waals surface area contributed by atoms with Crippen molar-refractivity contribution in [2.24, 2.45) is 11.8 Å². The normalized spacial score (nSPS) is 27.6. The predicted octanol–water partition coefficient (Wildman–Crippen LogP) is 5.84.